The number of methoxy groups -OCH3 is 1. The third kappa shape index (κ3) is 3.10. The summed E-state index contributed by atoms with van der Waals surface area (Å²) in [5, 5.41) is 4.49. The number of nitrogens with zero attached hydrogens (tertiary/aromatic N) is 2. The van der Waals surface area contributed by atoms with Crippen LogP contribution < -0.4 is 15.0 Å². The highest BCUT2D eigenvalue weighted by Gasteiger charge is 2.31. The first-order valence-corrected chi connectivity index (χ1v) is 6.85. The van der Waals surface area contributed by atoms with E-state index in [2.05, 4.69) is 17.2 Å². The second-order valence-electron chi connectivity index (χ2n) is 4.93. The van der Waals surface area contributed by atoms with Crippen molar-refractivity contribution < 1.29 is 4.74 Å². The van der Waals surface area contributed by atoms with Gasteiger partial charge in [0.1, 0.15) is 0 Å². The molecule has 1 aromatic rings. The second-order valence-corrected chi connectivity index (χ2v) is 5.99. The van der Waals surface area contributed by atoms with Gasteiger partial charge >= 0.3 is 0 Å². The Labute approximate surface area is 107 Å². The Hall–Kier alpha value is -0.810. The SMILES string of the molecule is COc1nc(N(C)C)sc1CNCC1CC1C. The summed E-state index contributed by atoms with van der Waals surface area (Å²) in [6, 6.07) is 0. The number of ether oxygens (including phenoxy) is 1. The zero-order chi connectivity index (χ0) is 12.4. The third-order valence-electron chi connectivity index (χ3n) is 3.19. The number of nitrogens with one attached hydrogen (secondary N) is 1. The van der Waals surface area contributed by atoms with Crippen molar-refractivity contribution in [3.63, 3.8) is 0 Å². The molecule has 0 aliphatic heterocycles. The van der Waals surface area contributed by atoms with E-state index < -0.39 is 0 Å². The molecule has 0 radical (unpaired) electrons. The highest BCUT2D eigenvalue weighted by Crippen LogP contribution is 2.37. The fourth-order valence-corrected chi connectivity index (χ4v) is 2.76. The molecule has 2 rings (SSSR count). The highest BCUT2D eigenvalue weighted by molar-refractivity contribution is 7.15. The fraction of sp³-hybridized carbons (Fsp3) is 0.750. The Morgan fingerprint density at radius 3 is 2.76 bits per heavy atom. The van der Waals surface area contributed by atoms with Gasteiger partial charge in [-0.3, -0.25) is 0 Å². The molecule has 1 aromatic heterocycles. The molecule has 1 aliphatic carbocycles. The number of anilines is 1. The summed E-state index contributed by atoms with van der Waals surface area (Å²) in [6.07, 6.45) is 1.37. The van der Waals surface area contributed by atoms with E-state index in [4.69, 9.17) is 4.74 Å². The monoisotopic (exact) mass is 255 g/mol. The number of thiazole rings is 1. The molecule has 1 heterocycles. The number of rotatable bonds is 6. The molecular formula is C12H21N3OS. The van der Waals surface area contributed by atoms with Gasteiger partial charge in [-0.2, -0.15) is 4.98 Å². The standard InChI is InChI=1S/C12H21N3OS/c1-8-5-9(8)6-13-7-10-11(16-4)14-12(17-10)15(2)3/h8-9,13H,5-7H2,1-4H3. The zero-order valence-corrected chi connectivity index (χ0v) is 11.8. The molecule has 0 aromatic carbocycles. The normalized spacial score (nSPS) is 22.6. The van der Waals surface area contributed by atoms with E-state index in [1.54, 1.807) is 18.4 Å². The lowest BCUT2D eigenvalue weighted by atomic mass is 10.3. The lowest BCUT2D eigenvalue weighted by Crippen LogP contribution is -2.16. The molecule has 96 valence electrons. The van der Waals surface area contributed by atoms with Crippen molar-refractivity contribution in [3.05, 3.63) is 4.88 Å². The topological polar surface area (TPSA) is 37.4 Å². The van der Waals surface area contributed by atoms with Crippen LogP contribution in [0, 0.1) is 11.8 Å². The van der Waals surface area contributed by atoms with Crippen LogP contribution in [0.25, 0.3) is 0 Å². The summed E-state index contributed by atoms with van der Waals surface area (Å²) in [6.45, 7) is 4.28. The minimum absolute atomic E-state index is 0.759. The average Bonchev–Trinajstić information content (AvgIpc) is 2.83. The minimum atomic E-state index is 0.759. The van der Waals surface area contributed by atoms with E-state index in [1.165, 1.54) is 11.3 Å². The van der Waals surface area contributed by atoms with Crippen LogP contribution >= 0.6 is 11.3 Å². The smallest absolute Gasteiger partial charge is 0.230 e. The van der Waals surface area contributed by atoms with Gasteiger partial charge < -0.3 is 15.0 Å². The molecule has 2 unspecified atom stereocenters. The van der Waals surface area contributed by atoms with Crippen LogP contribution in [0.5, 0.6) is 5.88 Å². The van der Waals surface area contributed by atoms with Crippen LogP contribution in [-0.2, 0) is 6.54 Å². The van der Waals surface area contributed by atoms with Crippen LogP contribution in [0.1, 0.15) is 18.2 Å². The largest absolute Gasteiger partial charge is 0.480 e. The highest BCUT2D eigenvalue weighted by atomic mass is 32.1. The summed E-state index contributed by atoms with van der Waals surface area (Å²) in [4.78, 5) is 7.64. The van der Waals surface area contributed by atoms with Crippen LogP contribution in [-0.4, -0.2) is 32.7 Å². The van der Waals surface area contributed by atoms with Crippen LogP contribution in [0.15, 0.2) is 0 Å². The van der Waals surface area contributed by atoms with Crippen molar-refractivity contribution in [2.75, 3.05) is 32.6 Å². The van der Waals surface area contributed by atoms with Gasteiger partial charge in [-0.05, 0) is 24.8 Å². The van der Waals surface area contributed by atoms with E-state index in [1.807, 2.05) is 19.0 Å². The molecule has 5 heteroatoms. The summed E-state index contributed by atoms with van der Waals surface area (Å²) in [7, 11) is 5.68. The Morgan fingerprint density at radius 2 is 2.24 bits per heavy atom. The molecule has 2 atom stereocenters. The maximum atomic E-state index is 5.30. The first kappa shape index (κ1) is 12.6. The van der Waals surface area contributed by atoms with Gasteiger partial charge in [0.05, 0.1) is 12.0 Å². The molecule has 1 fully saturated rings. The summed E-state index contributed by atoms with van der Waals surface area (Å²) >= 11 is 1.69. The number of aromatic nitrogens is 1. The van der Waals surface area contributed by atoms with Gasteiger partial charge in [-0.25, -0.2) is 0 Å². The summed E-state index contributed by atoms with van der Waals surface area (Å²) in [5.41, 5.74) is 0. The van der Waals surface area contributed by atoms with Crippen molar-refractivity contribution in [3.8, 4) is 5.88 Å². The Balaban J connectivity index is 1.89. The summed E-state index contributed by atoms with van der Waals surface area (Å²) in [5.74, 6) is 2.54. The molecular weight excluding hydrogens is 234 g/mol. The zero-order valence-electron chi connectivity index (χ0n) is 11.0. The Kier molecular flexibility index (Phi) is 3.89. The molecule has 1 N–H and O–H groups in total. The Morgan fingerprint density at radius 1 is 1.53 bits per heavy atom. The van der Waals surface area contributed by atoms with Gasteiger partial charge in [-0.15, -0.1) is 0 Å². The lowest BCUT2D eigenvalue weighted by molar-refractivity contribution is 0.394. The maximum Gasteiger partial charge on any atom is 0.230 e. The Bertz CT molecular complexity index is 378. The van der Waals surface area contributed by atoms with Crippen molar-refractivity contribution in [1.82, 2.24) is 10.3 Å². The number of hydrogen-bond donors (Lipinski definition) is 1. The summed E-state index contributed by atoms with van der Waals surface area (Å²) < 4.78 is 5.30. The van der Waals surface area contributed by atoms with E-state index in [0.717, 1.165) is 35.9 Å². The first-order chi connectivity index (χ1) is 8.11. The van der Waals surface area contributed by atoms with Crippen LogP contribution in [0.4, 0.5) is 5.13 Å². The molecule has 0 amide bonds. The molecule has 4 nitrogen and oxygen atoms in total. The van der Waals surface area contributed by atoms with Crippen LogP contribution in [0.2, 0.25) is 0 Å². The van der Waals surface area contributed by atoms with E-state index in [-0.39, 0.29) is 0 Å². The van der Waals surface area contributed by atoms with Crippen molar-refractivity contribution in [2.45, 2.75) is 19.9 Å². The molecule has 1 saturated carbocycles. The van der Waals surface area contributed by atoms with Crippen LogP contribution in [0.3, 0.4) is 0 Å². The molecule has 0 spiro atoms. The average molecular weight is 255 g/mol. The maximum absolute atomic E-state index is 5.30. The first-order valence-electron chi connectivity index (χ1n) is 6.03. The van der Waals surface area contributed by atoms with Crippen molar-refractivity contribution in [2.24, 2.45) is 11.8 Å². The van der Waals surface area contributed by atoms with E-state index in [0.29, 0.717) is 0 Å². The van der Waals surface area contributed by atoms with Crippen molar-refractivity contribution >= 4 is 16.5 Å². The predicted molar refractivity (Wildman–Crippen MR) is 72.0 cm³/mol. The number of hydrogen-bond acceptors (Lipinski definition) is 5. The predicted octanol–water partition coefficient (Wildman–Crippen LogP) is 1.96. The fourth-order valence-electron chi connectivity index (χ4n) is 1.84. The van der Waals surface area contributed by atoms with E-state index >= 15 is 0 Å². The van der Waals surface area contributed by atoms with E-state index in [9.17, 15) is 0 Å². The lowest BCUT2D eigenvalue weighted by Gasteiger charge is -2.05. The van der Waals surface area contributed by atoms with Gasteiger partial charge in [0, 0.05) is 20.6 Å². The van der Waals surface area contributed by atoms with Gasteiger partial charge in [0.25, 0.3) is 0 Å². The molecule has 17 heavy (non-hydrogen) atoms. The van der Waals surface area contributed by atoms with Gasteiger partial charge in [-0.1, -0.05) is 18.3 Å². The minimum Gasteiger partial charge on any atom is -0.480 e. The van der Waals surface area contributed by atoms with Gasteiger partial charge in [0.2, 0.25) is 5.88 Å². The quantitative estimate of drug-likeness (QED) is 0.843. The molecule has 1 aliphatic rings. The second kappa shape index (κ2) is 5.23. The molecule has 0 bridgehead atoms. The van der Waals surface area contributed by atoms with Gasteiger partial charge in [0.15, 0.2) is 5.13 Å². The molecule has 0 saturated heterocycles. The van der Waals surface area contributed by atoms with Crippen molar-refractivity contribution in [1.29, 1.82) is 0 Å². The third-order valence-corrected chi connectivity index (χ3v) is 4.40.